The van der Waals surface area contributed by atoms with Gasteiger partial charge < -0.3 is 10.2 Å². The quantitative estimate of drug-likeness (QED) is 0.519. The normalized spacial score (nSPS) is 12.2. The fourth-order valence-corrected chi connectivity index (χ4v) is 4.55. The predicted molar refractivity (Wildman–Crippen MR) is 133 cm³/mol. The van der Waals surface area contributed by atoms with E-state index in [2.05, 4.69) is 5.32 Å². The van der Waals surface area contributed by atoms with Gasteiger partial charge in [-0.2, -0.15) is 0 Å². The molecule has 2 aromatic carbocycles. The highest BCUT2D eigenvalue weighted by atomic mass is 35.5. The maximum Gasteiger partial charge on any atom is 0.244 e. The summed E-state index contributed by atoms with van der Waals surface area (Å²) in [7, 11) is -3.88. The van der Waals surface area contributed by atoms with E-state index < -0.39 is 28.5 Å². The summed E-state index contributed by atoms with van der Waals surface area (Å²) >= 11 is 12.3. The Morgan fingerprint density at radius 2 is 1.82 bits per heavy atom. The average molecular weight is 514 g/mol. The van der Waals surface area contributed by atoms with Crippen molar-refractivity contribution in [3.63, 3.8) is 0 Å². The zero-order valence-electron chi connectivity index (χ0n) is 19.1. The number of anilines is 1. The van der Waals surface area contributed by atoms with E-state index in [0.717, 1.165) is 28.1 Å². The molecule has 1 N–H and O–H groups in total. The number of rotatable bonds is 10. The molecule has 180 valence electrons. The third kappa shape index (κ3) is 7.62. The summed E-state index contributed by atoms with van der Waals surface area (Å²) in [6.45, 7) is 5.57. The van der Waals surface area contributed by atoms with Crippen LogP contribution in [0.2, 0.25) is 10.0 Å². The molecule has 0 heterocycles. The second-order valence-corrected chi connectivity index (χ2v) is 10.6. The van der Waals surface area contributed by atoms with Gasteiger partial charge in [-0.1, -0.05) is 60.0 Å². The Morgan fingerprint density at radius 1 is 1.12 bits per heavy atom. The Labute approximate surface area is 205 Å². The van der Waals surface area contributed by atoms with Crippen LogP contribution in [-0.2, 0) is 26.2 Å². The maximum atomic E-state index is 13.4. The number of sulfonamides is 1. The molecule has 0 saturated carbocycles. The highest BCUT2D eigenvalue weighted by Gasteiger charge is 2.30. The van der Waals surface area contributed by atoms with Gasteiger partial charge in [0.1, 0.15) is 12.6 Å². The van der Waals surface area contributed by atoms with Crippen LogP contribution in [-0.4, -0.2) is 50.5 Å². The molecule has 0 fully saturated rings. The van der Waals surface area contributed by atoms with Crippen molar-refractivity contribution in [2.45, 2.75) is 39.8 Å². The molecule has 0 saturated heterocycles. The molecule has 2 aromatic rings. The lowest BCUT2D eigenvalue weighted by atomic mass is 10.1. The van der Waals surface area contributed by atoms with E-state index in [4.69, 9.17) is 23.2 Å². The smallest absolute Gasteiger partial charge is 0.244 e. The van der Waals surface area contributed by atoms with Crippen molar-refractivity contribution in [2.75, 3.05) is 23.7 Å². The second-order valence-electron chi connectivity index (χ2n) is 7.84. The van der Waals surface area contributed by atoms with Crippen LogP contribution < -0.4 is 9.62 Å². The number of carbonyl (C=O) groups is 2. The SMILES string of the molecule is CCCNC(=O)[C@H](C)N(Cc1cccc(C)c1)C(=O)CN(c1cc(Cl)ccc1Cl)S(C)(=O)=O. The van der Waals surface area contributed by atoms with Gasteiger partial charge in [0.2, 0.25) is 21.8 Å². The van der Waals surface area contributed by atoms with E-state index in [9.17, 15) is 18.0 Å². The van der Waals surface area contributed by atoms with Crippen LogP contribution in [0.25, 0.3) is 0 Å². The number of hydrogen-bond donors (Lipinski definition) is 1. The molecule has 2 rings (SSSR count). The van der Waals surface area contributed by atoms with Crippen LogP contribution in [0.4, 0.5) is 5.69 Å². The first-order chi connectivity index (χ1) is 15.4. The third-order valence-electron chi connectivity index (χ3n) is 5.01. The molecule has 0 unspecified atom stereocenters. The lowest BCUT2D eigenvalue weighted by molar-refractivity contribution is -0.139. The number of nitrogens with one attached hydrogen (secondary N) is 1. The van der Waals surface area contributed by atoms with E-state index >= 15 is 0 Å². The Balaban J connectivity index is 2.42. The minimum atomic E-state index is -3.88. The molecule has 0 spiro atoms. The second kappa shape index (κ2) is 11.7. The van der Waals surface area contributed by atoms with Crippen molar-refractivity contribution in [1.82, 2.24) is 10.2 Å². The van der Waals surface area contributed by atoms with Gasteiger partial charge in [0.15, 0.2) is 0 Å². The lowest BCUT2D eigenvalue weighted by Gasteiger charge is -2.31. The standard InChI is InChI=1S/C23H29Cl2N3O4S/c1-5-11-26-23(30)17(3)27(14-18-8-6-7-16(2)12-18)22(29)15-28(33(4,31)32)21-13-19(24)9-10-20(21)25/h6-10,12-13,17H,5,11,14-15H2,1-4H3,(H,26,30)/t17-/m0/s1. The number of amides is 2. The number of aryl methyl sites for hydroxylation is 1. The number of benzene rings is 2. The van der Waals surface area contributed by atoms with Gasteiger partial charge in [0.05, 0.1) is 17.0 Å². The van der Waals surface area contributed by atoms with E-state index in [1.54, 1.807) is 6.92 Å². The van der Waals surface area contributed by atoms with Crippen molar-refractivity contribution in [1.29, 1.82) is 0 Å². The molecule has 0 aliphatic carbocycles. The van der Waals surface area contributed by atoms with Crippen molar-refractivity contribution in [3.05, 3.63) is 63.6 Å². The molecule has 2 amide bonds. The highest BCUT2D eigenvalue weighted by molar-refractivity contribution is 7.92. The Hall–Kier alpha value is -2.29. The van der Waals surface area contributed by atoms with Crippen LogP contribution in [0.3, 0.4) is 0 Å². The maximum absolute atomic E-state index is 13.4. The van der Waals surface area contributed by atoms with E-state index in [1.807, 2.05) is 38.1 Å². The fourth-order valence-electron chi connectivity index (χ4n) is 3.26. The highest BCUT2D eigenvalue weighted by Crippen LogP contribution is 2.30. The molecule has 0 aliphatic rings. The first kappa shape index (κ1) is 27.0. The Bertz CT molecular complexity index is 1110. The number of nitrogens with zero attached hydrogens (tertiary/aromatic N) is 2. The van der Waals surface area contributed by atoms with Crippen molar-refractivity contribution >= 4 is 50.7 Å². The molecule has 0 aliphatic heterocycles. The summed E-state index contributed by atoms with van der Waals surface area (Å²) < 4.78 is 26.1. The van der Waals surface area contributed by atoms with E-state index in [0.29, 0.717) is 6.54 Å². The van der Waals surface area contributed by atoms with E-state index in [-0.39, 0.29) is 28.2 Å². The number of hydrogen-bond acceptors (Lipinski definition) is 4. The molecular formula is C23H29Cl2N3O4S. The minimum absolute atomic E-state index is 0.0959. The monoisotopic (exact) mass is 513 g/mol. The largest absolute Gasteiger partial charge is 0.354 e. The molecular weight excluding hydrogens is 485 g/mol. The Kier molecular flexibility index (Phi) is 9.57. The van der Waals surface area contributed by atoms with Crippen molar-refractivity contribution < 1.29 is 18.0 Å². The van der Waals surface area contributed by atoms with Gasteiger partial charge in [0.25, 0.3) is 0 Å². The first-order valence-corrected chi connectivity index (χ1v) is 13.1. The predicted octanol–water partition coefficient (Wildman–Crippen LogP) is 4.01. The lowest BCUT2D eigenvalue weighted by Crippen LogP contribution is -2.51. The van der Waals surface area contributed by atoms with Crippen molar-refractivity contribution in [3.8, 4) is 0 Å². The molecule has 7 nitrogen and oxygen atoms in total. The topological polar surface area (TPSA) is 86.8 Å². The zero-order valence-corrected chi connectivity index (χ0v) is 21.5. The van der Waals surface area contributed by atoms with Gasteiger partial charge in [-0.15, -0.1) is 0 Å². The van der Waals surface area contributed by atoms with Crippen LogP contribution in [0, 0.1) is 6.92 Å². The fraction of sp³-hybridized carbons (Fsp3) is 0.391. The van der Waals surface area contributed by atoms with Gasteiger partial charge >= 0.3 is 0 Å². The summed E-state index contributed by atoms with van der Waals surface area (Å²) in [6, 6.07) is 11.1. The molecule has 0 bridgehead atoms. The van der Waals surface area contributed by atoms with Crippen LogP contribution in [0.5, 0.6) is 0 Å². The van der Waals surface area contributed by atoms with E-state index in [1.165, 1.54) is 23.1 Å². The van der Waals surface area contributed by atoms with Crippen LogP contribution in [0.15, 0.2) is 42.5 Å². The molecule has 0 radical (unpaired) electrons. The molecule has 0 aromatic heterocycles. The van der Waals surface area contributed by atoms with Gasteiger partial charge in [-0.05, 0) is 44.0 Å². The Morgan fingerprint density at radius 3 is 2.42 bits per heavy atom. The van der Waals surface area contributed by atoms with Gasteiger partial charge in [0, 0.05) is 18.1 Å². The van der Waals surface area contributed by atoms with Gasteiger partial charge in [-0.3, -0.25) is 13.9 Å². The summed E-state index contributed by atoms with van der Waals surface area (Å²) in [5.74, 6) is -0.860. The summed E-state index contributed by atoms with van der Waals surface area (Å²) in [6.07, 6.45) is 1.74. The number of carbonyl (C=O) groups excluding carboxylic acids is 2. The van der Waals surface area contributed by atoms with Crippen molar-refractivity contribution in [2.24, 2.45) is 0 Å². The third-order valence-corrected chi connectivity index (χ3v) is 6.69. The van der Waals surface area contributed by atoms with Crippen LogP contribution in [0.1, 0.15) is 31.4 Å². The summed E-state index contributed by atoms with van der Waals surface area (Å²) in [5, 5.41) is 3.21. The average Bonchev–Trinajstić information content (AvgIpc) is 2.74. The molecule has 1 atom stereocenters. The zero-order chi connectivity index (χ0) is 24.8. The number of halogens is 2. The summed E-state index contributed by atoms with van der Waals surface area (Å²) in [5.41, 5.74) is 1.93. The molecule has 10 heteroatoms. The summed E-state index contributed by atoms with van der Waals surface area (Å²) in [4.78, 5) is 27.5. The minimum Gasteiger partial charge on any atom is -0.354 e. The molecule has 33 heavy (non-hydrogen) atoms. The van der Waals surface area contributed by atoms with Gasteiger partial charge in [-0.25, -0.2) is 8.42 Å². The first-order valence-electron chi connectivity index (χ1n) is 10.5. The van der Waals surface area contributed by atoms with Crippen LogP contribution >= 0.6 is 23.2 Å².